The molecule has 0 amide bonds. The third kappa shape index (κ3) is 6.10. The molecule has 5 nitrogen and oxygen atoms in total. The van der Waals surface area contributed by atoms with Crippen molar-refractivity contribution >= 4 is 0 Å². The number of nitrogens with zero attached hydrogens (tertiary/aromatic N) is 3. The quantitative estimate of drug-likeness (QED) is 0.388. The summed E-state index contributed by atoms with van der Waals surface area (Å²) in [6, 6.07) is 16.4. The van der Waals surface area contributed by atoms with Gasteiger partial charge >= 0.3 is 0 Å². The molecule has 0 atom stereocenters. The Bertz CT molecular complexity index is 1130. The number of hydrogen-bond donors (Lipinski definition) is 0. The highest BCUT2D eigenvalue weighted by molar-refractivity contribution is 5.54. The molecule has 0 unspecified atom stereocenters. The molecule has 33 heavy (non-hydrogen) atoms. The Balaban J connectivity index is 1.77. The highest BCUT2D eigenvalue weighted by Crippen LogP contribution is 2.36. The second-order valence-corrected chi connectivity index (χ2v) is 9.35. The van der Waals surface area contributed by atoms with Crippen LogP contribution in [0, 0.1) is 31.1 Å². The summed E-state index contributed by atoms with van der Waals surface area (Å²) in [5, 5.41) is 9.76. The monoisotopic (exact) mass is 443 g/mol. The number of aromatic nitrogens is 2. The first-order valence-corrected chi connectivity index (χ1v) is 11.4. The molecule has 0 N–H and O–H groups in total. The van der Waals surface area contributed by atoms with Crippen LogP contribution in [-0.4, -0.2) is 16.6 Å². The van der Waals surface area contributed by atoms with Crippen molar-refractivity contribution in [3.05, 3.63) is 82.4 Å². The fourth-order valence-electron chi connectivity index (χ4n) is 3.68. The number of rotatable bonds is 9. The van der Waals surface area contributed by atoms with Crippen LogP contribution in [0.4, 0.5) is 0 Å². The maximum Gasteiger partial charge on any atom is 0.139 e. The summed E-state index contributed by atoms with van der Waals surface area (Å²) < 4.78 is 11.9. The lowest BCUT2D eigenvalue weighted by atomic mass is 9.77. The van der Waals surface area contributed by atoms with E-state index in [0.29, 0.717) is 30.4 Å². The van der Waals surface area contributed by atoms with Gasteiger partial charge in [0.15, 0.2) is 0 Å². The Morgan fingerprint density at radius 3 is 2.36 bits per heavy atom. The maximum absolute atomic E-state index is 9.76. The van der Waals surface area contributed by atoms with Crippen LogP contribution >= 0.6 is 0 Å². The first-order valence-electron chi connectivity index (χ1n) is 11.4. The van der Waals surface area contributed by atoms with E-state index in [2.05, 4.69) is 61.9 Å². The van der Waals surface area contributed by atoms with Crippen LogP contribution in [0.1, 0.15) is 67.9 Å². The molecule has 0 saturated carbocycles. The maximum atomic E-state index is 9.76. The molecular formula is C28H33N3O2. The lowest BCUT2D eigenvalue weighted by Crippen LogP contribution is -2.19. The van der Waals surface area contributed by atoms with Crippen molar-refractivity contribution in [3.8, 4) is 17.6 Å². The van der Waals surface area contributed by atoms with Gasteiger partial charge in [-0.25, -0.2) is 9.97 Å². The van der Waals surface area contributed by atoms with Crippen molar-refractivity contribution in [2.75, 3.05) is 6.61 Å². The molecule has 3 aromatic rings. The molecule has 0 spiro atoms. The molecule has 0 fully saturated rings. The number of aryl methyl sites for hydroxylation is 2. The first kappa shape index (κ1) is 24.3. The molecule has 0 bridgehead atoms. The smallest absolute Gasteiger partial charge is 0.139 e. The normalized spacial score (nSPS) is 11.3. The van der Waals surface area contributed by atoms with Gasteiger partial charge in [-0.1, -0.05) is 45.9 Å². The van der Waals surface area contributed by atoms with Gasteiger partial charge in [-0.05, 0) is 67.1 Å². The molecule has 0 aliphatic rings. The molecule has 172 valence electrons. The van der Waals surface area contributed by atoms with Crippen LogP contribution in [0.5, 0.6) is 11.5 Å². The summed E-state index contributed by atoms with van der Waals surface area (Å²) in [4.78, 5) is 8.48. The molecule has 0 saturated heterocycles. The van der Waals surface area contributed by atoms with E-state index in [4.69, 9.17) is 9.47 Å². The third-order valence-electron chi connectivity index (χ3n) is 5.85. The molecule has 0 aliphatic carbocycles. The van der Waals surface area contributed by atoms with E-state index in [9.17, 15) is 5.26 Å². The zero-order chi connectivity index (χ0) is 24.0. The second-order valence-electron chi connectivity index (χ2n) is 9.35. The van der Waals surface area contributed by atoms with Crippen molar-refractivity contribution in [2.45, 2.75) is 60.0 Å². The summed E-state index contributed by atoms with van der Waals surface area (Å²) in [5.41, 5.74) is 4.36. The predicted molar refractivity (Wildman–Crippen MR) is 131 cm³/mol. The van der Waals surface area contributed by atoms with Gasteiger partial charge in [-0.3, -0.25) is 0 Å². The lowest BCUT2D eigenvalue weighted by Gasteiger charge is -2.28. The molecular weight excluding hydrogens is 410 g/mol. The van der Waals surface area contributed by atoms with Crippen molar-refractivity contribution < 1.29 is 9.47 Å². The molecule has 3 rings (SSSR count). The molecule has 2 aromatic carbocycles. The summed E-state index contributed by atoms with van der Waals surface area (Å²) in [6.45, 7) is 13.6. The zero-order valence-electron chi connectivity index (χ0n) is 20.5. The fraction of sp³-hybridized carbons (Fsp3) is 0.393. The van der Waals surface area contributed by atoms with Gasteiger partial charge < -0.3 is 9.47 Å². The van der Waals surface area contributed by atoms with E-state index in [1.54, 1.807) is 6.20 Å². The van der Waals surface area contributed by atoms with Crippen molar-refractivity contribution in [2.24, 2.45) is 5.92 Å². The Labute approximate surface area is 197 Å². The average molecular weight is 444 g/mol. The van der Waals surface area contributed by atoms with E-state index < -0.39 is 0 Å². The standard InChI is InChI=1S/C28H33N3O2/c1-19(2)12-14-32-27-20(3)15-24(16-22(27)17-29)28(5,6)23-7-9-26(10-8-23)33-18-25-11-13-30-21(4)31-25/h7-11,13,15-16,19H,12,14,18H2,1-6H3. The molecule has 1 aromatic heterocycles. The Hall–Kier alpha value is -3.39. The lowest BCUT2D eigenvalue weighted by molar-refractivity contribution is 0.287. The molecule has 0 radical (unpaired) electrons. The summed E-state index contributed by atoms with van der Waals surface area (Å²) >= 11 is 0. The van der Waals surface area contributed by atoms with Gasteiger partial charge in [0.1, 0.15) is 30.0 Å². The van der Waals surface area contributed by atoms with Gasteiger partial charge in [0, 0.05) is 11.6 Å². The van der Waals surface area contributed by atoms with Crippen molar-refractivity contribution in [1.82, 2.24) is 9.97 Å². The van der Waals surface area contributed by atoms with Gasteiger partial charge in [0.2, 0.25) is 0 Å². The summed E-state index contributed by atoms with van der Waals surface area (Å²) in [6.07, 6.45) is 2.70. The SMILES string of the molecule is Cc1nccc(COc2ccc(C(C)(C)c3cc(C)c(OCCC(C)C)c(C#N)c3)cc2)n1. The highest BCUT2D eigenvalue weighted by atomic mass is 16.5. The minimum absolute atomic E-state index is 0.283. The van der Waals surface area contributed by atoms with Crippen LogP contribution in [0.2, 0.25) is 0 Å². The van der Waals surface area contributed by atoms with E-state index in [-0.39, 0.29) is 5.41 Å². The minimum Gasteiger partial charge on any atom is -0.492 e. The Morgan fingerprint density at radius 2 is 1.73 bits per heavy atom. The molecule has 0 aliphatic heterocycles. The van der Waals surface area contributed by atoms with Crippen LogP contribution in [-0.2, 0) is 12.0 Å². The van der Waals surface area contributed by atoms with Gasteiger partial charge in [0.05, 0.1) is 17.9 Å². The van der Waals surface area contributed by atoms with Crippen LogP contribution in [0.15, 0.2) is 48.7 Å². The zero-order valence-corrected chi connectivity index (χ0v) is 20.5. The van der Waals surface area contributed by atoms with Crippen molar-refractivity contribution in [3.63, 3.8) is 0 Å². The number of hydrogen-bond acceptors (Lipinski definition) is 5. The largest absolute Gasteiger partial charge is 0.492 e. The third-order valence-corrected chi connectivity index (χ3v) is 5.85. The summed E-state index contributed by atoms with van der Waals surface area (Å²) in [5.74, 6) is 2.78. The van der Waals surface area contributed by atoms with E-state index >= 15 is 0 Å². The Kier molecular flexibility index (Phi) is 7.71. The number of nitriles is 1. The van der Waals surface area contributed by atoms with Crippen LogP contribution in [0.3, 0.4) is 0 Å². The predicted octanol–water partition coefficient (Wildman–Crippen LogP) is 6.29. The molecule has 1 heterocycles. The number of benzene rings is 2. The highest BCUT2D eigenvalue weighted by Gasteiger charge is 2.25. The second kappa shape index (κ2) is 10.5. The fourth-order valence-corrected chi connectivity index (χ4v) is 3.68. The average Bonchev–Trinajstić information content (AvgIpc) is 2.78. The van der Waals surface area contributed by atoms with Crippen molar-refractivity contribution in [1.29, 1.82) is 5.26 Å². The molecule has 5 heteroatoms. The topological polar surface area (TPSA) is 68.0 Å². The van der Waals surface area contributed by atoms with Gasteiger partial charge in [0.25, 0.3) is 0 Å². The van der Waals surface area contributed by atoms with E-state index in [1.807, 2.05) is 38.1 Å². The van der Waals surface area contributed by atoms with E-state index in [0.717, 1.165) is 40.4 Å². The van der Waals surface area contributed by atoms with Crippen LogP contribution < -0.4 is 9.47 Å². The number of ether oxygens (including phenoxy) is 2. The Morgan fingerprint density at radius 1 is 1.00 bits per heavy atom. The first-order chi connectivity index (χ1) is 15.7. The van der Waals surface area contributed by atoms with E-state index in [1.165, 1.54) is 0 Å². The van der Waals surface area contributed by atoms with Crippen LogP contribution in [0.25, 0.3) is 0 Å². The minimum atomic E-state index is -0.283. The summed E-state index contributed by atoms with van der Waals surface area (Å²) in [7, 11) is 0. The van der Waals surface area contributed by atoms with Gasteiger partial charge in [-0.2, -0.15) is 5.26 Å². The van der Waals surface area contributed by atoms with Gasteiger partial charge in [-0.15, -0.1) is 0 Å².